The molecule has 25 heavy (non-hydrogen) atoms. The van der Waals surface area contributed by atoms with Crippen molar-refractivity contribution >= 4 is 34.8 Å². The Bertz CT molecular complexity index is 960. The van der Waals surface area contributed by atoms with Gasteiger partial charge in [0, 0.05) is 13.2 Å². The van der Waals surface area contributed by atoms with Crippen molar-refractivity contribution in [1.29, 1.82) is 0 Å². The minimum absolute atomic E-state index is 0.0804. The third-order valence-electron chi connectivity index (χ3n) is 3.30. The molecule has 1 N–H and O–H groups in total. The molecule has 3 rings (SSSR count). The third-order valence-corrected chi connectivity index (χ3v) is 4.27. The number of carbonyl (C=O) groups excluding carboxylic acids is 1. The average Bonchev–Trinajstić information content (AvgIpc) is 3.01. The highest BCUT2D eigenvalue weighted by Gasteiger charge is 2.47. The van der Waals surface area contributed by atoms with Crippen molar-refractivity contribution < 1.29 is 23.1 Å². The molecule has 0 unspecified atom stereocenters. The van der Waals surface area contributed by atoms with Gasteiger partial charge in [0.15, 0.2) is 11.5 Å². The van der Waals surface area contributed by atoms with Gasteiger partial charge in [-0.1, -0.05) is 17.4 Å². The number of rotatable bonds is 2. The Morgan fingerprint density at radius 2 is 2.00 bits per heavy atom. The number of anilines is 1. The van der Waals surface area contributed by atoms with Crippen molar-refractivity contribution in [3.05, 3.63) is 44.5 Å². The number of thiazole rings is 1. The van der Waals surface area contributed by atoms with Gasteiger partial charge in [-0.3, -0.25) is 14.2 Å². The molecule has 0 bridgehead atoms. The largest absolute Gasteiger partial charge is 0.493 e. The molecule has 7 nitrogen and oxygen atoms in total. The van der Waals surface area contributed by atoms with E-state index >= 15 is 0 Å². The summed E-state index contributed by atoms with van der Waals surface area (Å²) in [4.78, 5) is 27.0. The Balaban J connectivity index is 2.13. The van der Waals surface area contributed by atoms with Crippen molar-refractivity contribution in [2.24, 2.45) is 12.1 Å². The maximum absolute atomic E-state index is 13.3. The van der Waals surface area contributed by atoms with E-state index in [-0.39, 0.29) is 10.7 Å². The first kappa shape index (κ1) is 16.9. The molecule has 0 fully saturated rings. The molecule has 0 atom stereocenters. The van der Waals surface area contributed by atoms with Gasteiger partial charge < -0.3 is 5.11 Å². The molecule has 0 aliphatic carbocycles. The lowest BCUT2D eigenvalue weighted by molar-refractivity contribution is -0.114. The summed E-state index contributed by atoms with van der Waals surface area (Å²) in [7, 11) is 1.26. The standard InChI is InChI=1S/C14H9F3N4O3S/c1-20-12(23)8(25-13(20)24)6-7-10(14(15,16)17)19-21(11(7)22)9-4-2-3-5-18-9/h2-6,23H,1H3/b7-6-. The van der Waals surface area contributed by atoms with Gasteiger partial charge in [-0.15, -0.1) is 0 Å². The number of halogens is 3. The molecule has 1 amide bonds. The van der Waals surface area contributed by atoms with Crippen LogP contribution in [0, 0.1) is 0 Å². The summed E-state index contributed by atoms with van der Waals surface area (Å²) in [5, 5.41) is 13.7. The second-order valence-corrected chi connectivity index (χ2v) is 5.92. The topological polar surface area (TPSA) is 87.8 Å². The van der Waals surface area contributed by atoms with Gasteiger partial charge in [0.2, 0.25) is 5.88 Å². The van der Waals surface area contributed by atoms with Crippen LogP contribution in [0.5, 0.6) is 5.88 Å². The van der Waals surface area contributed by atoms with E-state index in [2.05, 4.69) is 10.1 Å². The van der Waals surface area contributed by atoms with Crippen LogP contribution in [-0.2, 0) is 11.8 Å². The van der Waals surface area contributed by atoms with Gasteiger partial charge in [-0.05, 0) is 18.2 Å². The molecule has 130 valence electrons. The quantitative estimate of drug-likeness (QED) is 0.818. The Morgan fingerprint density at radius 1 is 1.28 bits per heavy atom. The molecule has 1 aliphatic rings. The third kappa shape index (κ3) is 2.93. The number of pyridine rings is 1. The van der Waals surface area contributed by atoms with Crippen LogP contribution in [-0.4, -0.2) is 32.5 Å². The van der Waals surface area contributed by atoms with Gasteiger partial charge in [0.25, 0.3) is 5.91 Å². The Hall–Kier alpha value is -2.95. The van der Waals surface area contributed by atoms with Crippen molar-refractivity contribution in [1.82, 2.24) is 9.55 Å². The average molecular weight is 370 g/mol. The first-order valence-corrected chi connectivity index (χ1v) is 7.54. The Labute approximate surface area is 142 Å². The molecule has 2 aromatic heterocycles. The molecule has 0 saturated heterocycles. The van der Waals surface area contributed by atoms with Crippen LogP contribution >= 0.6 is 11.3 Å². The van der Waals surface area contributed by atoms with Gasteiger partial charge in [-0.25, -0.2) is 4.98 Å². The zero-order chi connectivity index (χ0) is 18.4. The van der Waals surface area contributed by atoms with E-state index in [0.717, 1.165) is 10.6 Å². The van der Waals surface area contributed by atoms with Gasteiger partial charge >= 0.3 is 11.0 Å². The number of alkyl halides is 3. The number of aromatic hydroxyl groups is 1. The van der Waals surface area contributed by atoms with E-state index in [1.807, 2.05) is 0 Å². The molecule has 0 saturated carbocycles. The fourth-order valence-electron chi connectivity index (χ4n) is 2.07. The lowest BCUT2D eigenvalue weighted by Crippen LogP contribution is -2.25. The fraction of sp³-hybridized carbons (Fsp3) is 0.143. The van der Waals surface area contributed by atoms with Gasteiger partial charge in [0.05, 0.1) is 10.5 Å². The second-order valence-electron chi connectivity index (χ2n) is 4.92. The SMILES string of the molecule is Cn1c(O)c(/C=C2\C(=O)N(c3ccccn3)N=C2C(F)(F)F)sc1=O. The van der Waals surface area contributed by atoms with E-state index in [1.165, 1.54) is 31.4 Å². The van der Waals surface area contributed by atoms with Crippen molar-refractivity contribution in [3.8, 4) is 5.88 Å². The Morgan fingerprint density at radius 3 is 2.52 bits per heavy atom. The smallest absolute Gasteiger partial charge is 0.435 e. The number of carbonyl (C=O) groups is 1. The highest BCUT2D eigenvalue weighted by atomic mass is 32.1. The zero-order valence-corrected chi connectivity index (χ0v) is 13.3. The van der Waals surface area contributed by atoms with E-state index in [9.17, 15) is 27.9 Å². The van der Waals surface area contributed by atoms with Crippen LogP contribution in [0.4, 0.5) is 19.0 Å². The summed E-state index contributed by atoms with van der Waals surface area (Å²) in [5.41, 5.74) is -2.21. The van der Waals surface area contributed by atoms with Crippen LogP contribution < -0.4 is 9.88 Å². The lowest BCUT2D eigenvalue weighted by atomic mass is 10.1. The first-order valence-electron chi connectivity index (χ1n) is 6.72. The molecule has 11 heteroatoms. The number of hydrogen-bond donors (Lipinski definition) is 1. The van der Waals surface area contributed by atoms with Gasteiger partial charge in [-0.2, -0.15) is 23.3 Å². The van der Waals surface area contributed by atoms with E-state index in [0.29, 0.717) is 16.3 Å². The minimum atomic E-state index is -4.90. The summed E-state index contributed by atoms with van der Waals surface area (Å²) in [6.07, 6.45) is -2.79. The summed E-state index contributed by atoms with van der Waals surface area (Å²) in [6.45, 7) is 0. The number of nitrogens with zero attached hydrogens (tertiary/aromatic N) is 4. The van der Waals surface area contributed by atoms with Crippen LogP contribution in [0.2, 0.25) is 0 Å². The second kappa shape index (κ2) is 5.84. The maximum Gasteiger partial charge on any atom is 0.435 e. The molecule has 1 aliphatic heterocycles. The van der Waals surface area contributed by atoms with Crippen LogP contribution in [0.15, 0.2) is 39.9 Å². The highest BCUT2D eigenvalue weighted by molar-refractivity contribution is 7.10. The normalized spacial score (nSPS) is 16.6. The summed E-state index contributed by atoms with van der Waals surface area (Å²) >= 11 is 0.512. The van der Waals surface area contributed by atoms with E-state index < -0.39 is 34.1 Å². The number of amides is 1. The maximum atomic E-state index is 13.3. The predicted octanol–water partition coefficient (Wildman–Crippen LogP) is 1.90. The molecule has 2 aromatic rings. The zero-order valence-electron chi connectivity index (χ0n) is 12.5. The van der Waals surface area contributed by atoms with Gasteiger partial charge in [0.1, 0.15) is 0 Å². The predicted molar refractivity (Wildman–Crippen MR) is 84.4 cm³/mol. The number of hydrogen-bond acceptors (Lipinski definition) is 6. The minimum Gasteiger partial charge on any atom is -0.493 e. The first-order chi connectivity index (χ1) is 11.7. The number of hydrazone groups is 1. The molecule has 0 radical (unpaired) electrons. The molecular formula is C14H9F3N4O3S. The van der Waals surface area contributed by atoms with Crippen LogP contribution in [0.3, 0.4) is 0 Å². The van der Waals surface area contributed by atoms with Crippen LogP contribution in [0.1, 0.15) is 4.88 Å². The summed E-state index contributed by atoms with van der Waals surface area (Å²) < 4.78 is 40.7. The summed E-state index contributed by atoms with van der Waals surface area (Å²) in [5.74, 6) is -1.68. The van der Waals surface area contributed by atoms with Crippen molar-refractivity contribution in [2.45, 2.75) is 6.18 Å². The van der Waals surface area contributed by atoms with Crippen molar-refractivity contribution in [3.63, 3.8) is 0 Å². The lowest BCUT2D eigenvalue weighted by Gasteiger charge is -2.09. The Kier molecular flexibility index (Phi) is 3.95. The molecule has 0 spiro atoms. The van der Waals surface area contributed by atoms with E-state index in [4.69, 9.17) is 0 Å². The number of aromatic nitrogens is 2. The molecular weight excluding hydrogens is 361 g/mol. The molecule has 0 aromatic carbocycles. The fourth-order valence-corrected chi connectivity index (χ4v) is 2.89. The van der Waals surface area contributed by atoms with E-state index in [1.54, 1.807) is 0 Å². The summed E-state index contributed by atoms with van der Waals surface area (Å²) in [6, 6.07) is 4.36. The molecule has 3 heterocycles. The highest BCUT2D eigenvalue weighted by Crippen LogP contribution is 2.33. The van der Waals surface area contributed by atoms with Crippen LogP contribution in [0.25, 0.3) is 6.08 Å². The monoisotopic (exact) mass is 370 g/mol. The van der Waals surface area contributed by atoms with Crippen molar-refractivity contribution in [2.75, 3.05) is 5.01 Å².